The zero-order chi connectivity index (χ0) is 16.1. The smallest absolute Gasteiger partial charge is 0.118 e. The molecule has 0 amide bonds. The van der Waals surface area contributed by atoms with Gasteiger partial charge in [-0.1, -0.05) is 6.92 Å². The van der Waals surface area contributed by atoms with E-state index >= 15 is 0 Å². The average Bonchev–Trinajstić information content (AvgIpc) is 2.79. The van der Waals surface area contributed by atoms with Crippen LogP contribution >= 0.6 is 0 Å². The molecule has 1 saturated heterocycles. The van der Waals surface area contributed by atoms with Gasteiger partial charge in [-0.3, -0.25) is 4.99 Å². The zero-order valence-corrected chi connectivity index (χ0v) is 13.9. The van der Waals surface area contributed by atoms with Gasteiger partial charge < -0.3 is 16.0 Å². The summed E-state index contributed by atoms with van der Waals surface area (Å²) in [6.45, 7) is 8.72. The van der Waals surface area contributed by atoms with Crippen molar-refractivity contribution in [3.63, 3.8) is 0 Å². The molecular weight excluding hydrogens is 279 g/mol. The van der Waals surface area contributed by atoms with Crippen LogP contribution in [0.25, 0.3) is 0 Å². The van der Waals surface area contributed by atoms with E-state index in [9.17, 15) is 4.39 Å². The highest BCUT2D eigenvalue weighted by Gasteiger charge is 2.61. The number of hydrogen-bond acceptors (Lipinski definition) is 3. The van der Waals surface area contributed by atoms with E-state index in [1.165, 1.54) is 0 Å². The normalized spacial score (nSPS) is 39.0. The van der Waals surface area contributed by atoms with Crippen LogP contribution in [0.5, 0.6) is 0 Å². The zero-order valence-electron chi connectivity index (χ0n) is 13.9. The topological polar surface area (TPSA) is 66.2 Å². The second-order valence-corrected chi connectivity index (χ2v) is 7.21. The highest BCUT2D eigenvalue weighted by atomic mass is 19.1. The molecule has 5 heteroatoms. The van der Waals surface area contributed by atoms with Crippen molar-refractivity contribution < 1.29 is 4.39 Å². The number of halogens is 1. The third kappa shape index (κ3) is 2.56. The monoisotopic (exact) mass is 306 g/mol. The molecular formula is C17H27FN4. The molecule has 2 aliphatic rings. The van der Waals surface area contributed by atoms with Crippen LogP contribution in [-0.4, -0.2) is 35.0 Å². The van der Waals surface area contributed by atoms with E-state index in [0.29, 0.717) is 11.9 Å². The van der Waals surface area contributed by atoms with Gasteiger partial charge in [-0.15, -0.1) is 0 Å². The molecule has 1 saturated carbocycles. The maximum Gasteiger partial charge on any atom is 0.118 e. The van der Waals surface area contributed by atoms with E-state index in [1.807, 2.05) is 20.0 Å². The number of H-pyrrole nitrogens is 1. The van der Waals surface area contributed by atoms with Crippen LogP contribution in [0, 0.1) is 5.92 Å². The Labute approximate surface area is 131 Å². The summed E-state index contributed by atoms with van der Waals surface area (Å²) in [4.78, 5) is 7.91. The molecule has 0 aromatic carbocycles. The Morgan fingerprint density at radius 3 is 2.64 bits per heavy atom. The van der Waals surface area contributed by atoms with Crippen LogP contribution in [0.15, 0.2) is 11.2 Å². The lowest BCUT2D eigenvalue weighted by molar-refractivity contribution is 0.308. The summed E-state index contributed by atoms with van der Waals surface area (Å²) in [5.41, 5.74) is 7.78. The minimum atomic E-state index is -1.13. The van der Waals surface area contributed by atoms with Crippen molar-refractivity contribution >= 4 is 11.5 Å². The van der Waals surface area contributed by atoms with Crippen molar-refractivity contribution in [2.24, 2.45) is 10.9 Å². The molecule has 0 spiro atoms. The molecule has 1 unspecified atom stereocenters. The summed E-state index contributed by atoms with van der Waals surface area (Å²) >= 11 is 0. The number of nitrogen functional groups attached to an aromatic ring is 1. The molecule has 2 fully saturated rings. The lowest BCUT2D eigenvalue weighted by atomic mass is 10.00. The summed E-state index contributed by atoms with van der Waals surface area (Å²) < 4.78 is 14.4. The van der Waals surface area contributed by atoms with Crippen molar-refractivity contribution in [2.45, 2.75) is 64.2 Å². The number of nitrogens with zero attached hydrogens (tertiary/aromatic N) is 1. The third-order valence-corrected chi connectivity index (χ3v) is 5.54. The number of rotatable bonds is 3. The largest absolute Gasteiger partial charge is 0.385 e. The standard InChI is InChI=1S/C17H27FN4/c1-9-5-6-12(7-20-9)22-11(3)14-13(8-21-16(14)19)15-10(2)17(15,4)18/h8-10,12,15,20-21H,5-7,19H2,1-4H3/t9-,10-,12+,15-,17?/m0/s1. The molecule has 0 bridgehead atoms. The second kappa shape index (κ2) is 5.37. The van der Waals surface area contributed by atoms with Gasteiger partial charge in [-0.25, -0.2) is 4.39 Å². The van der Waals surface area contributed by atoms with Crippen LogP contribution in [0.4, 0.5) is 10.2 Å². The molecule has 1 aromatic heterocycles. The summed E-state index contributed by atoms with van der Waals surface area (Å²) in [5.74, 6) is 0.556. The molecule has 22 heavy (non-hydrogen) atoms. The Kier molecular flexibility index (Phi) is 3.79. The van der Waals surface area contributed by atoms with Gasteiger partial charge in [0.1, 0.15) is 11.5 Å². The van der Waals surface area contributed by atoms with E-state index in [2.05, 4.69) is 17.2 Å². The van der Waals surface area contributed by atoms with Gasteiger partial charge >= 0.3 is 0 Å². The molecule has 122 valence electrons. The molecule has 3 rings (SSSR count). The number of alkyl halides is 1. The highest BCUT2D eigenvalue weighted by molar-refractivity contribution is 6.04. The van der Waals surface area contributed by atoms with Crippen LogP contribution in [0.1, 0.15) is 57.6 Å². The number of nitrogens with two attached hydrogens (primary N) is 1. The fraction of sp³-hybridized carbons (Fsp3) is 0.706. The predicted octanol–water partition coefficient (Wildman–Crippen LogP) is 3.01. The molecule has 0 radical (unpaired) electrons. The molecule has 4 N–H and O–H groups in total. The van der Waals surface area contributed by atoms with Crippen molar-refractivity contribution in [3.05, 3.63) is 17.3 Å². The lowest BCUT2D eigenvalue weighted by Crippen LogP contribution is -2.39. The van der Waals surface area contributed by atoms with Gasteiger partial charge in [-0.05, 0) is 39.2 Å². The Bertz CT molecular complexity index is 581. The van der Waals surface area contributed by atoms with Crippen molar-refractivity contribution in [3.8, 4) is 0 Å². The van der Waals surface area contributed by atoms with E-state index < -0.39 is 5.67 Å². The van der Waals surface area contributed by atoms with Crippen molar-refractivity contribution in [1.82, 2.24) is 10.3 Å². The van der Waals surface area contributed by atoms with Gasteiger partial charge in [-0.2, -0.15) is 0 Å². The van der Waals surface area contributed by atoms with Gasteiger partial charge in [0.05, 0.1) is 6.04 Å². The van der Waals surface area contributed by atoms with Crippen LogP contribution in [0.2, 0.25) is 0 Å². The fourth-order valence-electron chi connectivity index (χ4n) is 3.80. The number of aliphatic imine (C=N–C) groups is 1. The first-order chi connectivity index (χ1) is 10.3. The number of piperidine rings is 1. The number of aromatic nitrogens is 1. The Balaban J connectivity index is 1.84. The van der Waals surface area contributed by atoms with Gasteiger partial charge in [0.2, 0.25) is 0 Å². The van der Waals surface area contributed by atoms with Gasteiger partial charge in [0.15, 0.2) is 0 Å². The Hall–Kier alpha value is -1.36. The van der Waals surface area contributed by atoms with Crippen molar-refractivity contribution in [1.29, 1.82) is 0 Å². The third-order valence-electron chi connectivity index (χ3n) is 5.54. The number of hydrogen-bond donors (Lipinski definition) is 3. The first kappa shape index (κ1) is 15.5. The van der Waals surface area contributed by atoms with Gasteiger partial charge in [0, 0.05) is 41.9 Å². The first-order valence-corrected chi connectivity index (χ1v) is 8.26. The summed E-state index contributed by atoms with van der Waals surface area (Å²) in [7, 11) is 0. The summed E-state index contributed by atoms with van der Waals surface area (Å²) in [5, 5.41) is 3.46. The van der Waals surface area contributed by atoms with Crippen molar-refractivity contribution in [2.75, 3.05) is 12.3 Å². The quantitative estimate of drug-likeness (QED) is 0.752. The summed E-state index contributed by atoms with van der Waals surface area (Å²) in [6.07, 6.45) is 4.09. The fourth-order valence-corrected chi connectivity index (χ4v) is 3.80. The summed E-state index contributed by atoms with van der Waals surface area (Å²) in [6, 6.07) is 0.853. The first-order valence-electron chi connectivity index (χ1n) is 8.26. The minimum Gasteiger partial charge on any atom is -0.385 e. The Morgan fingerprint density at radius 2 is 2.09 bits per heavy atom. The van der Waals surface area contributed by atoms with E-state index in [1.54, 1.807) is 6.92 Å². The van der Waals surface area contributed by atoms with Crippen LogP contribution < -0.4 is 11.1 Å². The SMILES string of the molecule is CC(=N[C@@H]1CC[C@H](C)NC1)c1c([C@@H]2[C@H](C)C2(C)F)c[nH]c1N. The van der Waals surface area contributed by atoms with E-state index in [4.69, 9.17) is 10.7 Å². The predicted molar refractivity (Wildman–Crippen MR) is 89.3 cm³/mol. The number of anilines is 1. The van der Waals surface area contributed by atoms with Crippen LogP contribution in [-0.2, 0) is 0 Å². The van der Waals surface area contributed by atoms with Gasteiger partial charge in [0.25, 0.3) is 0 Å². The minimum absolute atomic E-state index is 0.0337. The molecule has 1 aliphatic carbocycles. The molecule has 4 nitrogen and oxygen atoms in total. The second-order valence-electron chi connectivity index (χ2n) is 7.21. The molecule has 1 aromatic rings. The molecule has 1 aliphatic heterocycles. The van der Waals surface area contributed by atoms with E-state index in [-0.39, 0.29) is 17.9 Å². The van der Waals surface area contributed by atoms with E-state index in [0.717, 1.165) is 36.2 Å². The Morgan fingerprint density at radius 1 is 1.41 bits per heavy atom. The maximum atomic E-state index is 14.4. The average molecular weight is 306 g/mol. The highest BCUT2D eigenvalue weighted by Crippen LogP contribution is 2.60. The number of aromatic amines is 1. The number of nitrogens with one attached hydrogen (secondary N) is 2. The van der Waals surface area contributed by atoms with Crippen LogP contribution in [0.3, 0.4) is 0 Å². The molecule has 2 heterocycles. The lowest BCUT2D eigenvalue weighted by Gasteiger charge is -2.25. The molecule has 5 atom stereocenters. The maximum absolute atomic E-state index is 14.4.